The van der Waals surface area contributed by atoms with Crippen LogP contribution in [0.4, 0.5) is 4.79 Å². The second kappa shape index (κ2) is 7.03. The molecule has 2 bridgehead atoms. The Morgan fingerprint density at radius 2 is 2.07 bits per heavy atom. The Kier molecular flexibility index (Phi) is 4.37. The third kappa shape index (κ3) is 3.29. The third-order valence-corrected chi connectivity index (χ3v) is 6.46. The van der Waals surface area contributed by atoms with Crippen LogP contribution in [0.3, 0.4) is 0 Å². The van der Waals surface area contributed by atoms with E-state index in [2.05, 4.69) is 27.0 Å². The number of likely N-dealkylation sites (tertiary alicyclic amines) is 2. The number of ether oxygens (including phenoxy) is 1. The predicted molar refractivity (Wildman–Crippen MR) is 108 cm³/mol. The fourth-order valence-electron chi connectivity index (χ4n) is 4.18. The third-order valence-electron chi connectivity index (χ3n) is 5.60. The number of pyridine rings is 1. The summed E-state index contributed by atoms with van der Waals surface area (Å²) >= 11 is 1.44. The molecule has 4 heterocycles. The van der Waals surface area contributed by atoms with Gasteiger partial charge in [0, 0.05) is 37.9 Å². The summed E-state index contributed by atoms with van der Waals surface area (Å²) in [4.78, 5) is 25.3. The molecule has 5 rings (SSSR count). The van der Waals surface area contributed by atoms with Crippen LogP contribution in [0.15, 0.2) is 42.6 Å². The van der Waals surface area contributed by atoms with Crippen LogP contribution in [0.1, 0.15) is 12.0 Å². The molecule has 0 saturated carbocycles. The van der Waals surface area contributed by atoms with E-state index in [0.717, 1.165) is 48.6 Å². The number of hydrogen-bond donors (Lipinski definition) is 1. The summed E-state index contributed by atoms with van der Waals surface area (Å²) in [6.07, 6.45) is 3.79. The van der Waals surface area contributed by atoms with Gasteiger partial charge >= 0.3 is 6.03 Å². The van der Waals surface area contributed by atoms with Crippen LogP contribution in [0.5, 0.6) is 10.9 Å². The molecule has 2 atom stereocenters. The van der Waals surface area contributed by atoms with Crippen molar-refractivity contribution in [2.45, 2.75) is 24.9 Å². The van der Waals surface area contributed by atoms with Crippen molar-refractivity contribution in [2.75, 3.05) is 19.6 Å². The average Bonchev–Trinajstić information content (AvgIpc) is 3.40. The van der Waals surface area contributed by atoms with E-state index in [4.69, 9.17) is 10.5 Å². The molecular weight excluding hydrogens is 374 g/mol. The van der Waals surface area contributed by atoms with Crippen molar-refractivity contribution >= 4 is 27.7 Å². The first-order valence-corrected chi connectivity index (χ1v) is 10.3. The highest BCUT2D eigenvalue weighted by molar-refractivity contribution is 7.19. The highest BCUT2D eigenvalue weighted by Gasteiger charge is 2.44. The molecule has 7 nitrogen and oxygen atoms in total. The predicted octanol–water partition coefficient (Wildman–Crippen LogP) is 2.86. The topological polar surface area (TPSA) is 84.6 Å². The second-order valence-electron chi connectivity index (χ2n) is 7.33. The Morgan fingerprint density at radius 1 is 1.21 bits per heavy atom. The van der Waals surface area contributed by atoms with E-state index in [0.29, 0.717) is 17.3 Å². The van der Waals surface area contributed by atoms with E-state index in [1.807, 2.05) is 29.2 Å². The Labute approximate surface area is 166 Å². The normalized spacial score (nSPS) is 21.5. The minimum absolute atomic E-state index is 0.286. The molecule has 0 unspecified atom stereocenters. The van der Waals surface area contributed by atoms with Crippen LogP contribution in [0.25, 0.3) is 10.3 Å². The number of hydrogen-bond acceptors (Lipinski definition) is 6. The lowest BCUT2D eigenvalue weighted by atomic mass is 10.1. The molecule has 2 aliphatic heterocycles. The van der Waals surface area contributed by atoms with Gasteiger partial charge in [0.2, 0.25) is 0 Å². The van der Waals surface area contributed by atoms with Gasteiger partial charge in [-0.25, -0.2) is 14.8 Å². The maximum absolute atomic E-state index is 11.4. The Hall–Kier alpha value is -2.71. The van der Waals surface area contributed by atoms with E-state index >= 15 is 0 Å². The fourth-order valence-corrected chi connectivity index (χ4v) is 4.96. The molecule has 2 saturated heterocycles. The van der Waals surface area contributed by atoms with E-state index < -0.39 is 0 Å². The van der Waals surface area contributed by atoms with Crippen molar-refractivity contribution in [3.05, 3.63) is 48.2 Å². The molecule has 2 aromatic heterocycles. The summed E-state index contributed by atoms with van der Waals surface area (Å²) in [5.74, 6) is 0.778. The lowest BCUT2D eigenvalue weighted by molar-refractivity contribution is 0.142. The number of fused-ring (bicyclic) bond motifs is 3. The SMILES string of the molecule is NC(=O)N1C[C@@H]2C[C@H]1CN2CCc1ccc(Oc2nc3cccnc3s2)cc1. The van der Waals surface area contributed by atoms with Crippen LogP contribution in [-0.4, -0.2) is 57.5 Å². The Balaban J connectivity index is 1.17. The van der Waals surface area contributed by atoms with Gasteiger partial charge in [-0.1, -0.05) is 23.5 Å². The number of piperazine rings is 1. The quantitative estimate of drug-likeness (QED) is 0.718. The molecular formula is C20H21N5O2S. The number of nitrogens with two attached hydrogens (primary N) is 1. The summed E-state index contributed by atoms with van der Waals surface area (Å²) in [5.41, 5.74) is 7.56. The summed E-state index contributed by atoms with van der Waals surface area (Å²) < 4.78 is 5.88. The van der Waals surface area contributed by atoms with Gasteiger partial charge in [0.05, 0.1) is 0 Å². The first kappa shape index (κ1) is 17.4. The average molecular weight is 395 g/mol. The van der Waals surface area contributed by atoms with Gasteiger partial charge in [0.1, 0.15) is 16.1 Å². The number of urea groups is 1. The van der Waals surface area contributed by atoms with Gasteiger partial charge in [-0.2, -0.15) is 0 Å². The zero-order valence-electron chi connectivity index (χ0n) is 15.3. The molecule has 0 radical (unpaired) electrons. The van der Waals surface area contributed by atoms with E-state index in [-0.39, 0.29) is 6.03 Å². The summed E-state index contributed by atoms with van der Waals surface area (Å²) in [5, 5.41) is 0.605. The van der Waals surface area contributed by atoms with Gasteiger partial charge in [-0.15, -0.1) is 0 Å². The highest BCUT2D eigenvalue weighted by Crippen LogP contribution is 2.31. The molecule has 0 aliphatic carbocycles. The second-order valence-corrected chi connectivity index (χ2v) is 8.27. The summed E-state index contributed by atoms with van der Waals surface area (Å²) in [6, 6.07) is 12.4. The van der Waals surface area contributed by atoms with Crippen molar-refractivity contribution in [3.8, 4) is 10.9 Å². The van der Waals surface area contributed by atoms with Crippen LogP contribution >= 0.6 is 11.3 Å². The number of carbonyl (C=O) groups excluding carboxylic acids is 1. The minimum atomic E-state index is -0.286. The van der Waals surface area contributed by atoms with Gasteiger partial charge in [0.15, 0.2) is 0 Å². The molecule has 2 amide bonds. The molecule has 0 spiro atoms. The largest absolute Gasteiger partial charge is 0.431 e. The zero-order valence-corrected chi connectivity index (χ0v) is 16.1. The number of thiazole rings is 1. The first-order chi connectivity index (χ1) is 13.7. The molecule has 28 heavy (non-hydrogen) atoms. The van der Waals surface area contributed by atoms with E-state index in [9.17, 15) is 4.79 Å². The lowest BCUT2D eigenvalue weighted by Gasteiger charge is -2.33. The van der Waals surface area contributed by atoms with Crippen molar-refractivity contribution in [1.82, 2.24) is 19.8 Å². The number of benzene rings is 1. The van der Waals surface area contributed by atoms with Crippen molar-refractivity contribution in [2.24, 2.45) is 5.73 Å². The van der Waals surface area contributed by atoms with Gasteiger partial charge in [0.25, 0.3) is 5.19 Å². The molecule has 2 fully saturated rings. The summed E-state index contributed by atoms with van der Waals surface area (Å²) in [6.45, 7) is 2.70. The van der Waals surface area contributed by atoms with Gasteiger partial charge in [-0.05, 0) is 42.7 Å². The van der Waals surface area contributed by atoms with Crippen molar-refractivity contribution < 1.29 is 9.53 Å². The van der Waals surface area contributed by atoms with Crippen LogP contribution in [0.2, 0.25) is 0 Å². The number of amides is 2. The maximum Gasteiger partial charge on any atom is 0.315 e. The Morgan fingerprint density at radius 3 is 2.79 bits per heavy atom. The maximum atomic E-state index is 11.4. The van der Waals surface area contributed by atoms with Crippen LogP contribution in [0, 0.1) is 0 Å². The number of rotatable bonds is 5. The van der Waals surface area contributed by atoms with Crippen molar-refractivity contribution in [1.29, 1.82) is 0 Å². The van der Waals surface area contributed by atoms with E-state index in [1.54, 1.807) is 6.20 Å². The smallest absolute Gasteiger partial charge is 0.315 e. The molecule has 3 aromatic rings. The monoisotopic (exact) mass is 395 g/mol. The first-order valence-electron chi connectivity index (χ1n) is 9.44. The number of carbonyl (C=O) groups is 1. The molecule has 2 N–H and O–H groups in total. The highest BCUT2D eigenvalue weighted by atomic mass is 32.1. The van der Waals surface area contributed by atoms with E-state index in [1.165, 1.54) is 16.9 Å². The minimum Gasteiger partial charge on any atom is -0.431 e. The Bertz CT molecular complexity index is 972. The number of nitrogens with zero attached hydrogens (tertiary/aromatic N) is 4. The molecule has 8 heteroatoms. The zero-order chi connectivity index (χ0) is 19.1. The van der Waals surface area contributed by atoms with Crippen LogP contribution < -0.4 is 10.5 Å². The lowest BCUT2D eigenvalue weighted by Crippen LogP contribution is -2.50. The van der Waals surface area contributed by atoms with Crippen molar-refractivity contribution in [3.63, 3.8) is 0 Å². The standard InChI is InChI=1S/C20H21N5O2S/c21-19(26)25-12-14-10-15(25)11-24(14)9-7-13-3-5-16(6-4-13)27-20-23-17-2-1-8-22-18(17)28-20/h1-6,8,14-15H,7,9-12H2,(H2,21,26)/t14-,15-/m0/s1. The number of primary amides is 1. The molecule has 2 aliphatic rings. The summed E-state index contributed by atoms with van der Waals surface area (Å²) in [7, 11) is 0. The van der Waals surface area contributed by atoms with Crippen LogP contribution in [-0.2, 0) is 6.42 Å². The molecule has 144 valence electrons. The van der Waals surface area contributed by atoms with Gasteiger partial charge < -0.3 is 15.4 Å². The molecule has 1 aromatic carbocycles. The fraction of sp³-hybridized carbons (Fsp3) is 0.350. The number of aromatic nitrogens is 2. The van der Waals surface area contributed by atoms with Gasteiger partial charge in [-0.3, -0.25) is 4.90 Å².